The molecule has 0 aromatic heterocycles. The fourth-order valence-corrected chi connectivity index (χ4v) is 5.19. The van der Waals surface area contributed by atoms with Gasteiger partial charge in [-0.15, -0.1) is 0 Å². The first-order valence-corrected chi connectivity index (χ1v) is 9.54. The Kier molecular flexibility index (Phi) is 2.55. The highest BCUT2D eigenvalue weighted by Crippen LogP contribution is 2.44. The minimum Gasteiger partial charge on any atom is -0.288 e. The van der Waals surface area contributed by atoms with E-state index in [2.05, 4.69) is 5.32 Å². The van der Waals surface area contributed by atoms with Crippen LogP contribution in [0.4, 0.5) is 0 Å². The summed E-state index contributed by atoms with van der Waals surface area (Å²) in [6, 6.07) is 14.5. The summed E-state index contributed by atoms with van der Waals surface area (Å²) in [5.74, 6) is -1.37. The first kappa shape index (κ1) is 15.7. The van der Waals surface area contributed by atoms with Crippen LogP contribution in [0.5, 0.6) is 0 Å². The molecule has 7 rings (SSSR count). The number of carbonyl (C=O) groups is 4. The topological polar surface area (TPSA) is 96.9 Å². The van der Waals surface area contributed by atoms with Crippen molar-refractivity contribution in [3.8, 4) is 0 Å². The predicted molar refractivity (Wildman–Crippen MR) is 110 cm³/mol. The van der Waals surface area contributed by atoms with Gasteiger partial charge in [-0.05, 0) is 56.6 Å². The monoisotopic (exact) mass is 391 g/mol. The molecular formula is C24H11N2O4+. The van der Waals surface area contributed by atoms with Crippen molar-refractivity contribution in [1.82, 2.24) is 5.32 Å². The van der Waals surface area contributed by atoms with Gasteiger partial charge in [-0.2, -0.15) is 0 Å². The van der Waals surface area contributed by atoms with E-state index < -0.39 is 11.8 Å². The number of benzene rings is 5. The molecule has 0 saturated heterocycles. The number of nitrogens with one attached hydrogen (secondary N) is 1. The molecule has 2 aliphatic heterocycles. The first-order valence-electron chi connectivity index (χ1n) is 9.54. The van der Waals surface area contributed by atoms with E-state index in [-0.39, 0.29) is 11.8 Å². The maximum absolute atomic E-state index is 12.5. The van der Waals surface area contributed by atoms with Gasteiger partial charge in [0, 0.05) is 21.9 Å². The fraction of sp³-hybridized carbons (Fsp3) is 0. The number of fused-ring (bicyclic) bond motifs is 2. The van der Waals surface area contributed by atoms with Crippen LogP contribution >= 0.6 is 0 Å². The molecule has 3 N–H and O–H groups in total. The van der Waals surface area contributed by atoms with E-state index in [0.29, 0.717) is 33.0 Å². The van der Waals surface area contributed by atoms with Crippen molar-refractivity contribution in [2.45, 2.75) is 0 Å². The van der Waals surface area contributed by atoms with E-state index in [1.165, 1.54) is 0 Å². The molecule has 0 spiro atoms. The summed E-state index contributed by atoms with van der Waals surface area (Å²) >= 11 is 0. The molecule has 6 nitrogen and oxygen atoms in total. The molecule has 4 amide bonds. The van der Waals surface area contributed by atoms with E-state index in [4.69, 9.17) is 0 Å². The Bertz CT molecular complexity index is 1470. The highest BCUT2D eigenvalue weighted by Gasteiger charge is 2.32. The van der Waals surface area contributed by atoms with Gasteiger partial charge in [0.2, 0.25) is 0 Å². The summed E-state index contributed by atoms with van der Waals surface area (Å²) in [6.45, 7) is 0. The maximum atomic E-state index is 12.5. The zero-order chi connectivity index (χ0) is 20.3. The van der Waals surface area contributed by atoms with E-state index in [9.17, 15) is 19.2 Å². The Morgan fingerprint density at radius 1 is 0.467 bits per heavy atom. The molecule has 0 aliphatic carbocycles. The van der Waals surface area contributed by atoms with Gasteiger partial charge < -0.3 is 0 Å². The van der Waals surface area contributed by atoms with Crippen LogP contribution in [0, 0.1) is 0 Å². The lowest BCUT2D eigenvalue weighted by atomic mass is 9.83. The van der Waals surface area contributed by atoms with Crippen LogP contribution in [0.25, 0.3) is 43.1 Å². The molecule has 30 heavy (non-hydrogen) atoms. The Morgan fingerprint density at radius 3 is 1.27 bits per heavy atom. The van der Waals surface area contributed by atoms with Crippen LogP contribution in [0.3, 0.4) is 0 Å². The molecule has 6 heteroatoms. The summed E-state index contributed by atoms with van der Waals surface area (Å²) in [7, 11) is 0. The van der Waals surface area contributed by atoms with E-state index in [1.54, 1.807) is 24.3 Å². The lowest BCUT2D eigenvalue weighted by Gasteiger charge is -2.22. The van der Waals surface area contributed by atoms with Crippen molar-refractivity contribution < 1.29 is 24.5 Å². The second-order valence-corrected chi connectivity index (χ2v) is 7.80. The lowest BCUT2D eigenvalue weighted by molar-refractivity contribution is -0.451. The summed E-state index contributed by atoms with van der Waals surface area (Å²) in [4.78, 5) is 49.9. The quantitative estimate of drug-likeness (QED) is 0.241. The highest BCUT2D eigenvalue weighted by molar-refractivity contribution is 6.40. The molecule has 0 bridgehead atoms. The molecule has 0 fully saturated rings. The lowest BCUT2D eigenvalue weighted by Crippen LogP contribution is -2.92. The Labute approximate surface area is 167 Å². The smallest absolute Gasteiger partial charge is 0.288 e. The summed E-state index contributed by atoms with van der Waals surface area (Å²) in [5, 5.41) is 10.1. The number of quaternary nitrogens is 1. The van der Waals surface area contributed by atoms with Gasteiger partial charge in [0.25, 0.3) is 11.8 Å². The van der Waals surface area contributed by atoms with Gasteiger partial charge in [0.1, 0.15) is 0 Å². The maximum Gasteiger partial charge on any atom is 0.350 e. The van der Waals surface area contributed by atoms with Crippen LogP contribution in [-0.2, 0) is 0 Å². The van der Waals surface area contributed by atoms with Crippen molar-refractivity contribution in [3.63, 3.8) is 0 Å². The van der Waals surface area contributed by atoms with Crippen LogP contribution in [0.2, 0.25) is 0 Å². The third-order valence-electron chi connectivity index (χ3n) is 6.41. The summed E-state index contributed by atoms with van der Waals surface area (Å²) in [5.41, 5.74) is 1.99. The number of amides is 4. The zero-order valence-corrected chi connectivity index (χ0v) is 15.3. The number of rotatable bonds is 0. The van der Waals surface area contributed by atoms with Crippen LogP contribution < -0.4 is 10.6 Å². The number of hydrogen-bond donors (Lipinski definition) is 2. The van der Waals surface area contributed by atoms with Crippen molar-refractivity contribution in [2.75, 3.05) is 0 Å². The Morgan fingerprint density at radius 2 is 0.833 bits per heavy atom. The average molecular weight is 391 g/mol. The van der Waals surface area contributed by atoms with Gasteiger partial charge in [0.05, 0.1) is 11.1 Å². The molecule has 5 aromatic carbocycles. The number of nitrogens with two attached hydrogens (primary N) is 1. The third kappa shape index (κ3) is 1.61. The summed E-state index contributed by atoms with van der Waals surface area (Å²) in [6.07, 6.45) is 0. The molecule has 0 radical (unpaired) electrons. The van der Waals surface area contributed by atoms with Crippen LogP contribution in [0.1, 0.15) is 41.4 Å². The Hall–Kier alpha value is -4.16. The van der Waals surface area contributed by atoms with Crippen molar-refractivity contribution in [2.24, 2.45) is 0 Å². The number of imide groups is 2. The first-order chi connectivity index (χ1) is 14.5. The van der Waals surface area contributed by atoms with Crippen molar-refractivity contribution in [1.29, 1.82) is 0 Å². The standard InChI is InChI=1S/C24H10N2O4/c27-21-13-5-1-9-10-2-6-15-20-16(24(30)26-23(15)29)8-4-12(18(10)20)11-3-7-14(22(28)25-21)19(13)17(9)11/h1-8H,(H,25,27,28)(H,26,29,30)/p+1. The molecule has 0 atom stereocenters. The number of primary amides is 2. The molecule has 5 aromatic rings. The second-order valence-electron chi connectivity index (χ2n) is 7.80. The third-order valence-corrected chi connectivity index (χ3v) is 6.41. The average Bonchev–Trinajstić information content (AvgIpc) is 2.74. The number of hydrogen-bond acceptors (Lipinski definition) is 4. The molecule has 140 valence electrons. The molecule has 2 heterocycles. The van der Waals surface area contributed by atoms with E-state index in [1.807, 2.05) is 24.3 Å². The number of carbonyl (C=O) groups excluding carboxylic acids is 4. The van der Waals surface area contributed by atoms with Gasteiger partial charge in [-0.3, -0.25) is 14.9 Å². The Balaban J connectivity index is 1.82. The van der Waals surface area contributed by atoms with Crippen LogP contribution in [-0.4, -0.2) is 23.6 Å². The summed E-state index contributed by atoms with van der Waals surface area (Å²) < 4.78 is 0. The van der Waals surface area contributed by atoms with Gasteiger partial charge in [-0.25, -0.2) is 14.9 Å². The van der Waals surface area contributed by atoms with Crippen molar-refractivity contribution >= 4 is 66.7 Å². The van der Waals surface area contributed by atoms with Gasteiger partial charge in [-0.1, -0.05) is 24.3 Å². The second kappa shape index (κ2) is 4.87. The van der Waals surface area contributed by atoms with E-state index >= 15 is 0 Å². The largest absolute Gasteiger partial charge is 0.350 e. The SMILES string of the molecule is O=C1NC(=O)c2ccc3c4ccc5c6c(ccc(c7ccc1c2c73)c64)C(=O)[NH2+]C5=O. The minimum atomic E-state index is -0.404. The molecule has 0 unspecified atom stereocenters. The van der Waals surface area contributed by atoms with Crippen molar-refractivity contribution in [3.05, 3.63) is 70.8 Å². The molecule has 0 saturated carbocycles. The highest BCUT2D eigenvalue weighted by atomic mass is 16.2. The predicted octanol–water partition coefficient (Wildman–Crippen LogP) is 2.48. The van der Waals surface area contributed by atoms with Crippen LogP contribution in [0.15, 0.2) is 48.5 Å². The zero-order valence-electron chi connectivity index (χ0n) is 15.3. The van der Waals surface area contributed by atoms with E-state index in [0.717, 1.165) is 37.6 Å². The molecule has 2 aliphatic rings. The molecular weight excluding hydrogens is 380 g/mol. The van der Waals surface area contributed by atoms with Gasteiger partial charge in [0.15, 0.2) is 0 Å². The normalized spacial score (nSPS) is 15.7. The fourth-order valence-electron chi connectivity index (χ4n) is 5.19. The van der Waals surface area contributed by atoms with Gasteiger partial charge >= 0.3 is 11.8 Å². The minimum absolute atomic E-state index is 0.283.